The maximum atomic E-state index is 13.4. The highest BCUT2D eigenvalue weighted by molar-refractivity contribution is 7.91. The molecule has 0 radical (unpaired) electrons. The first-order chi connectivity index (χ1) is 16.9. The summed E-state index contributed by atoms with van der Waals surface area (Å²) in [6, 6.07) is 10.4. The van der Waals surface area contributed by atoms with Crippen molar-refractivity contribution in [2.45, 2.75) is 23.6 Å². The smallest absolute Gasteiger partial charge is 0.291 e. The van der Waals surface area contributed by atoms with Crippen LogP contribution in [-0.2, 0) is 10.0 Å². The van der Waals surface area contributed by atoms with Gasteiger partial charge in [0.2, 0.25) is 5.82 Å². The van der Waals surface area contributed by atoms with Crippen LogP contribution in [0.2, 0.25) is 5.02 Å². The zero-order valence-corrected chi connectivity index (χ0v) is 21.2. The fraction of sp³-hybridized carbons (Fsp3) is 0.250. The van der Waals surface area contributed by atoms with E-state index in [0.29, 0.717) is 11.4 Å². The molecular formula is C24H22ClN5O3S2. The van der Waals surface area contributed by atoms with Gasteiger partial charge < -0.3 is 4.90 Å². The third-order valence-electron chi connectivity index (χ3n) is 6.09. The molecule has 1 saturated heterocycles. The summed E-state index contributed by atoms with van der Waals surface area (Å²) in [5, 5.41) is 1.41. The highest BCUT2D eigenvalue weighted by Gasteiger charge is 2.37. The van der Waals surface area contributed by atoms with Crippen LogP contribution in [0.1, 0.15) is 24.0 Å². The number of piperazine rings is 1. The molecule has 1 fully saturated rings. The number of aromatic nitrogens is 3. The molecule has 0 N–H and O–H groups in total. The third kappa shape index (κ3) is 4.66. The van der Waals surface area contributed by atoms with Gasteiger partial charge in [-0.15, -0.1) is 11.3 Å². The van der Waals surface area contributed by atoms with E-state index in [2.05, 4.69) is 15.0 Å². The number of nitrogens with zero attached hydrogens (tertiary/aromatic N) is 5. The Morgan fingerprint density at radius 3 is 2.54 bits per heavy atom. The lowest BCUT2D eigenvalue weighted by Gasteiger charge is -2.39. The molecule has 0 saturated carbocycles. The van der Waals surface area contributed by atoms with Gasteiger partial charge in [0.15, 0.2) is 0 Å². The third-order valence-corrected chi connectivity index (χ3v) is 9.74. The number of hydrogen-bond donors (Lipinski definition) is 0. The van der Waals surface area contributed by atoms with Crippen molar-refractivity contribution in [1.29, 1.82) is 0 Å². The lowest BCUT2D eigenvalue weighted by atomic mass is 10.1. The number of hydrogen-bond acceptors (Lipinski definition) is 7. The van der Waals surface area contributed by atoms with Crippen LogP contribution in [0.15, 0.2) is 65.4 Å². The molecule has 8 nitrogen and oxygen atoms in total. The van der Waals surface area contributed by atoms with Gasteiger partial charge in [0.25, 0.3) is 15.9 Å². The maximum absolute atomic E-state index is 13.4. The molecular weight excluding hydrogens is 506 g/mol. The van der Waals surface area contributed by atoms with Crippen LogP contribution < -0.4 is 0 Å². The van der Waals surface area contributed by atoms with E-state index in [1.807, 2.05) is 25.1 Å². The number of fused-ring (bicyclic) bond motifs is 1. The Balaban J connectivity index is 1.33. The Morgan fingerprint density at radius 1 is 1.09 bits per heavy atom. The van der Waals surface area contributed by atoms with Crippen LogP contribution >= 0.6 is 22.9 Å². The number of amides is 1. The van der Waals surface area contributed by atoms with Crippen molar-refractivity contribution >= 4 is 49.0 Å². The molecule has 1 aliphatic heterocycles. The molecule has 4 aromatic rings. The van der Waals surface area contributed by atoms with Crippen LogP contribution in [-0.4, -0.2) is 64.2 Å². The second kappa shape index (κ2) is 9.62. The first kappa shape index (κ1) is 23.8. The van der Waals surface area contributed by atoms with Crippen molar-refractivity contribution in [3.05, 3.63) is 72.0 Å². The van der Waals surface area contributed by atoms with Crippen molar-refractivity contribution in [2.75, 3.05) is 19.6 Å². The molecule has 1 unspecified atom stereocenters. The molecule has 1 aliphatic rings. The lowest BCUT2D eigenvalue weighted by molar-refractivity contribution is 0.0546. The molecule has 3 aromatic heterocycles. The Hall–Kier alpha value is -2.92. The van der Waals surface area contributed by atoms with Gasteiger partial charge in [0, 0.05) is 65.7 Å². The van der Waals surface area contributed by atoms with E-state index >= 15 is 0 Å². The van der Waals surface area contributed by atoms with Gasteiger partial charge >= 0.3 is 0 Å². The zero-order chi connectivity index (χ0) is 24.6. The number of carbonyl (C=O) groups excluding carboxylic acids is 1. The van der Waals surface area contributed by atoms with Crippen molar-refractivity contribution < 1.29 is 13.2 Å². The lowest BCUT2D eigenvalue weighted by Crippen LogP contribution is -2.56. The topological polar surface area (TPSA) is 96.4 Å². The minimum absolute atomic E-state index is 0.0962. The molecule has 180 valence electrons. The van der Waals surface area contributed by atoms with E-state index in [0.717, 1.165) is 21.2 Å². The number of rotatable bonds is 5. The Kier molecular flexibility index (Phi) is 6.54. The molecule has 1 amide bonds. The van der Waals surface area contributed by atoms with Crippen LogP contribution in [0.5, 0.6) is 0 Å². The summed E-state index contributed by atoms with van der Waals surface area (Å²) in [6.45, 7) is 2.63. The Morgan fingerprint density at radius 2 is 1.83 bits per heavy atom. The average Bonchev–Trinajstić information content (AvgIpc) is 3.32. The highest BCUT2D eigenvalue weighted by Crippen LogP contribution is 2.33. The molecule has 35 heavy (non-hydrogen) atoms. The second-order valence-corrected chi connectivity index (χ2v) is 11.9. The monoisotopic (exact) mass is 527 g/mol. The Bertz CT molecular complexity index is 1480. The number of carbonyl (C=O) groups is 1. The normalized spacial score (nSPS) is 17.1. The van der Waals surface area contributed by atoms with Crippen LogP contribution in [0.25, 0.3) is 21.2 Å². The van der Waals surface area contributed by atoms with Gasteiger partial charge in [-0.05, 0) is 47.7 Å². The van der Waals surface area contributed by atoms with Crippen molar-refractivity contribution in [2.24, 2.45) is 0 Å². The maximum Gasteiger partial charge on any atom is 0.291 e. The average molecular weight is 528 g/mol. The van der Waals surface area contributed by atoms with E-state index in [1.165, 1.54) is 15.6 Å². The van der Waals surface area contributed by atoms with E-state index < -0.39 is 10.0 Å². The number of halogens is 1. The Labute approximate surface area is 212 Å². The summed E-state index contributed by atoms with van der Waals surface area (Å²) in [5.41, 5.74) is 1.70. The van der Waals surface area contributed by atoms with Crippen LogP contribution in [0.3, 0.4) is 0 Å². The van der Waals surface area contributed by atoms with Gasteiger partial charge in [-0.25, -0.2) is 18.4 Å². The second-order valence-electron chi connectivity index (χ2n) is 8.20. The van der Waals surface area contributed by atoms with Crippen molar-refractivity contribution in [1.82, 2.24) is 24.2 Å². The molecule has 11 heteroatoms. The number of benzene rings is 1. The number of thiophene rings is 1. The minimum atomic E-state index is -3.70. The molecule has 4 heterocycles. The van der Waals surface area contributed by atoms with E-state index in [1.54, 1.807) is 47.9 Å². The first-order valence-corrected chi connectivity index (χ1v) is 13.7. The van der Waals surface area contributed by atoms with Crippen molar-refractivity contribution in [3.63, 3.8) is 0 Å². The number of sulfonamides is 1. The van der Waals surface area contributed by atoms with Gasteiger partial charge in [-0.3, -0.25) is 9.78 Å². The predicted molar refractivity (Wildman–Crippen MR) is 136 cm³/mol. The summed E-state index contributed by atoms with van der Waals surface area (Å²) in [6.07, 6.45) is 7.20. The molecule has 0 aliphatic carbocycles. The summed E-state index contributed by atoms with van der Waals surface area (Å²) < 4.78 is 29.3. The van der Waals surface area contributed by atoms with Crippen LogP contribution in [0, 0.1) is 0 Å². The summed E-state index contributed by atoms with van der Waals surface area (Å²) in [5.74, 6) is -0.203. The minimum Gasteiger partial charge on any atom is -0.330 e. The zero-order valence-electron chi connectivity index (χ0n) is 18.8. The van der Waals surface area contributed by atoms with Crippen molar-refractivity contribution in [3.8, 4) is 11.1 Å². The van der Waals surface area contributed by atoms with Gasteiger partial charge in [0.1, 0.15) is 4.21 Å². The molecule has 1 aromatic carbocycles. The summed E-state index contributed by atoms with van der Waals surface area (Å²) >= 11 is 7.27. The molecule has 0 spiro atoms. The van der Waals surface area contributed by atoms with E-state index in [4.69, 9.17) is 11.6 Å². The predicted octanol–water partition coefficient (Wildman–Crippen LogP) is 4.33. The molecule has 0 bridgehead atoms. The fourth-order valence-electron chi connectivity index (χ4n) is 4.16. The standard InChI is InChI=1S/C24H22ClN5O3S2/c1-2-20-15-29(35(32,33)22-11-17-3-4-19(25)12-21(17)34-22)9-10-30(20)24(31)23-27-13-18(14-28-23)16-5-7-26-8-6-16/h3-8,11-14,20H,2,9-10,15H2,1H3. The molecule has 1 atom stereocenters. The van der Waals surface area contributed by atoms with E-state index in [9.17, 15) is 13.2 Å². The SMILES string of the molecule is CCC1CN(S(=O)(=O)c2cc3ccc(Cl)cc3s2)CCN1C(=O)c1ncc(-c2ccncc2)cn1. The quantitative estimate of drug-likeness (QED) is 0.383. The fourth-order valence-corrected chi connectivity index (χ4v) is 7.45. The molecule has 5 rings (SSSR count). The van der Waals surface area contributed by atoms with E-state index in [-0.39, 0.29) is 41.6 Å². The first-order valence-electron chi connectivity index (χ1n) is 11.1. The summed E-state index contributed by atoms with van der Waals surface area (Å²) in [4.78, 5) is 27.4. The van der Waals surface area contributed by atoms with Gasteiger partial charge in [-0.2, -0.15) is 4.31 Å². The number of pyridine rings is 1. The summed E-state index contributed by atoms with van der Waals surface area (Å²) in [7, 11) is -3.70. The van der Waals surface area contributed by atoms with Crippen LogP contribution in [0.4, 0.5) is 0 Å². The van der Waals surface area contributed by atoms with Gasteiger partial charge in [0.05, 0.1) is 0 Å². The largest absolute Gasteiger partial charge is 0.330 e. The van der Waals surface area contributed by atoms with Gasteiger partial charge in [-0.1, -0.05) is 24.6 Å². The highest BCUT2D eigenvalue weighted by atomic mass is 35.5.